The van der Waals surface area contributed by atoms with Crippen molar-refractivity contribution in [2.75, 3.05) is 19.6 Å². The van der Waals surface area contributed by atoms with Crippen LogP contribution in [-0.2, 0) is 4.79 Å². The fourth-order valence-electron chi connectivity index (χ4n) is 2.86. The third kappa shape index (κ3) is 3.27. The van der Waals surface area contributed by atoms with Crippen LogP contribution >= 0.6 is 0 Å². The minimum Gasteiger partial charge on any atom is -0.460 e. The number of furan rings is 1. The van der Waals surface area contributed by atoms with Gasteiger partial charge in [-0.25, -0.2) is 0 Å². The molecule has 2 N–H and O–H groups in total. The van der Waals surface area contributed by atoms with Gasteiger partial charge in [-0.1, -0.05) is 18.2 Å². The molecule has 1 aliphatic rings. The van der Waals surface area contributed by atoms with Gasteiger partial charge in [0, 0.05) is 11.9 Å². The number of carbonyl (C=O) groups is 1. The van der Waals surface area contributed by atoms with Crippen LogP contribution in [0.25, 0.3) is 11.0 Å². The Kier molecular flexibility index (Phi) is 4.25. The summed E-state index contributed by atoms with van der Waals surface area (Å²) < 4.78 is 5.76. The van der Waals surface area contributed by atoms with Gasteiger partial charge in [-0.3, -0.25) is 4.79 Å². The first-order valence-corrected chi connectivity index (χ1v) is 7.71. The van der Waals surface area contributed by atoms with Crippen LogP contribution in [0.2, 0.25) is 0 Å². The molecule has 1 aliphatic heterocycles. The van der Waals surface area contributed by atoms with Crippen molar-refractivity contribution in [1.29, 1.82) is 0 Å². The summed E-state index contributed by atoms with van der Waals surface area (Å²) in [6.07, 6.45) is 2.26. The summed E-state index contributed by atoms with van der Waals surface area (Å²) in [5.74, 6) is 1.22. The minimum absolute atomic E-state index is 0.0417. The molecule has 1 aromatic heterocycles. The number of rotatable bonds is 5. The molecular formula is C17H22N2O2. The lowest BCUT2D eigenvalue weighted by molar-refractivity contribution is -0.122. The summed E-state index contributed by atoms with van der Waals surface area (Å²) in [5.41, 5.74) is 0.837. The molecule has 4 nitrogen and oxygen atoms in total. The molecule has 112 valence electrons. The highest BCUT2D eigenvalue weighted by atomic mass is 16.3. The van der Waals surface area contributed by atoms with Crippen LogP contribution in [0.15, 0.2) is 34.7 Å². The van der Waals surface area contributed by atoms with Gasteiger partial charge in [-0.2, -0.15) is 0 Å². The Hall–Kier alpha value is -1.81. The third-order valence-corrected chi connectivity index (χ3v) is 4.28. The van der Waals surface area contributed by atoms with Crippen molar-refractivity contribution in [2.45, 2.75) is 25.7 Å². The van der Waals surface area contributed by atoms with Gasteiger partial charge in [-0.15, -0.1) is 0 Å². The normalized spacial score (nSPS) is 19.8. The number of amides is 1. The summed E-state index contributed by atoms with van der Waals surface area (Å²) in [5, 5.41) is 7.42. The zero-order valence-electron chi connectivity index (χ0n) is 12.4. The number of nitrogens with one attached hydrogen (secondary N) is 2. The molecule has 1 fully saturated rings. The highest BCUT2D eigenvalue weighted by Crippen LogP contribution is 2.25. The van der Waals surface area contributed by atoms with Crippen LogP contribution in [0.4, 0.5) is 0 Å². The van der Waals surface area contributed by atoms with Crippen molar-refractivity contribution in [3.8, 4) is 0 Å². The molecule has 0 spiro atoms. The predicted molar refractivity (Wildman–Crippen MR) is 83.2 cm³/mol. The first-order chi connectivity index (χ1) is 10.2. The molecule has 3 rings (SSSR count). The second kappa shape index (κ2) is 6.31. The first kappa shape index (κ1) is 14.1. The van der Waals surface area contributed by atoms with Gasteiger partial charge in [0.05, 0.1) is 5.92 Å². The molecule has 1 aromatic carbocycles. The molecule has 0 bridgehead atoms. The molecule has 21 heavy (non-hydrogen) atoms. The maximum Gasteiger partial charge on any atom is 0.230 e. The zero-order chi connectivity index (χ0) is 14.7. The standard InChI is InChI=1S/C17H22N2O2/c1-12(16-10-14-4-2-3-5-15(14)21-16)17(20)19-9-7-13-6-8-18-11-13/h2-5,10,12-13,18H,6-9,11H2,1H3,(H,19,20). The largest absolute Gasteiger partial charge is 0.460 e. The average molecular weight is 286 g/mol. The monoisotopic (exact) mass is 286 g/mol. The van der Waals surface area contributed by atoms with Crippen LogP contribution in [-0.4, -0.2) is 25.5 Å². The Morgan fingerprint density at radius 1 is 1.48 bits per heavy atom. The summed E-state index contributed by atoms with van der Waals surface area (Å²) >= 11 is 0. The van der Waals surface area contributed by atoms with E-state index in [2.05, 4.69) is 10.6 Å². The lowest BCUT2D eigenvalue weighted by atomic mass is 10.0. The maximum atomic E-state index is 12.2. The molecule has 4 heteroatoms. The summed E-state index contributed by atoms with van der Waals surface area (Å²) in [7, 11) is 0. The van der Waals surface area contributed by atoms with E-state index in [1.165, 1.54) is 6.42 Å². The van der Waals surface area contributed by atoms with Crippen LogP contribution in [0, 0.1) is 5.92 Å². The lowest BCUT2D eigenvalue weighted by Crippen LogP contribution is -2.30. The van der Waals surface area contributed by atoms with Gasteiger partial charge in [0.15, 0.2) is 0 Å². The molecule has 1 amide bonds. The van der Waals surface area contributed by atoms with E-state index in [0.29, 0.717) is 5.92 Å². The number of para-hydroxylation sites is 1. The second-order valence-electron chi connectivity index (χ2n) is 5.85. The van der Waals surface area contributed by atoms with E-state index in [0.717, 1.165) is 42.8 Å². The lowest BCUT2D eigenvalue weighted by Gasteiger charge is -2.12. The van der Waals surface area contributed by atoms with Gasteiger partial charge >= 0.3 is 0 Å². The van der Waals surface area contributed by atoms with Crippen molar-refractivity contribution in [3.63, 3.8) is 0 Å². The quantitative estimate of drug-likeness (QED) is 0.888. The predicted octanol–water partition coefficient (Wildman–Crippen LogP) is 2.65. The van der Waals surface area contributed by atoms with Crippen molar-refractivity contribution in [2.24, 2.45) is 5.92 Å². The minimum atomic E-state index is -0.251. The molecule has 1 saturated heterocycles. The second-order valence-corrected chi connectivity index (χ2v) is 5.85. The Bertz CT molecular complexity index is 581. The average Bonchev–Trinajstić information content (AvgIpc) is 3.15. The smallest absolute Gasteiger partial charge is 0.230 e. The maximum absolute atomic E-state index is 12.2. The van der Waals surface area contributed by atoms with E-state index >= 15 is 0 Å². The summed E-state index contributed by atoms with van der Waals surface area (Å²) in [4.78, 5) is 12.2. The Morgan fingerprint density at radius 2 is 2.33 bits per heavy atom. The van der Waals surface area contributed by atoms with Gasteiger partial charge in [0.25, 0.3) is 0 Å². The van der Waals surface area contributed by atoms with E-state index in [9.17, 15) is 4.79 Å². The van der Waals surface area contributed by atoms with Crippen LogP contribution in [0.3, 0.4) is 0 Å². The van der Waals surface area contributed by atoms with E-state index < -0.39 is 0 Å². The van der Waals surface area contributed by atoms with Crippen LogP contribution in [0.5, 0.6) is 0 Å². The number of benzene rings is 1. The summed E-state index contributed by atoms with van der Waals surface area (Å²) in [6.45, 7) is 4.82. The highest BCUT2D eigenvalue weighted by Gasteiger charge is 2.20. The topological polar surface area (TPSA) is 54.3 Å². The van der Waals surface area contributed by atoms with Crippen LogP contribution < -0.4 is 10.6 Å². The fourth-order valence-corrected chi connectivity index (χ4v) is 2.86. The molecule has 2 unspecified atom stereocenters. The third-order valence-electron chi connectivity index (χ3n) is 4.28. The van der Waals surface area contributed by atoms with Gasteiger partial charge < -0.3 is 15.1 Å². The highest BCUT2D eigenvalue weighted by molar-refractivity contribution is 5.85. The molecule has 2 aromatic rings. The van der Waals surface area contributed by atoms with Crippen molar-refractivity contribution in [1.82, 2.24) is 10.6 Å². The molecule has 2 heterocycles. The molecule has 2 atom stereocenters. The molecular weight excluding hydrogens is 264 g/mol. The van der Waals surface area contributed by atoms with Gasteiger partial charge in [0.2, 0.25) is 5.91 Å². The number of fused-ring (bicyclic) bond motifs is 1. The SMILES string of the molecule is CC(C(=O)NCCC1CCNC1)c1cc2ccccc2o1. The van der Waals surface area contributed by atoms with E-state index in [1.54, 1.807) is 0 Å². The number of carbonyl (C=O) groups excluding carboxylic acids is 1. The first-order valence-electron chi connectivity index (χ1n) is 7.71. The van der Waals surface area contributed by atoms with E-state index in [-0.39, 0.29) is 11.8 Å². The fraction of sp³-hybridized carbons (Fsp3) is 0.471. The number of hydrogen-bond donors (Lipinski definition) is 2. The van der Waals surface area contributed by atoms with Crippen LogP contribution in [0.1, 0.15) is 31.4 Å². The Labute approximate surface area is 124 Å². The Morgan fingerprint density at radius 3 is 3.10 bits per heavy atom. The van der Waals surface area contributed by atoms with Crippen molar-refractivity contribution in [3.05, 3.63) is 36.1 Å². The molecule has 0 radical (unpaired) electrons. The van der Waals surface area contributed by atoms with Gasteiger partial charge in [0.1, 0.15) is 11.3 Å². The zero-order valence-corrected chi connectivity index (χ0v) is 12.4. The van der Waals surface area contributed by atoms with Crippen molar-refractivity contribution >= 4 is 16.9 Å². The Balaban J connectivity index is 1.55. The van der Waals surface area contributed by atoms with E-state index in [1.807, 2.05) is 37.3 Å². The summed E-state index contributed by atoms with van der Waals surface area (Å²) in [6, 6.07) is 9.80. The molecule has 0 aliphatic carbocycles. The van der Waals surface area contributed by atoms with Gasteiger partial charge in [-0.05, 0) is 50.9 Å². The van der Waals surface area contributed by atoms with E-state index in [4.69, 9.17) is 4.42 Å². The number of hydrogen-bond acceptors (Lipinski definition) is 3. The van der Waals surface area contributed by atoms with Crippen molar-refractivity contribution < 1.29 is 9.21 Å². The molecule has 0 saturated carbocycles.